The van der Waals surface area contributed by atoms with Crippen molar-refractivity contribution in [2.45, 2.75) is 57.4 Å². The molecule has 0 N–H and O–H groups in total. The molecule has 4 aromatic carbocycles. The smallest absolute Gasteiger partial charge is 0.155 e. The van der Waals surface area contributed by atoms with Gasteiger partial charge in [-0.3, -0.25) is 4.99 Å². The number of amidine groups is 1. The Morgan fingerprint density at radius 2 is 1.43 bits per heavy atom. The summed E-state index contributed by atoms with van der Waals surface area (Å²) in [6, 6.07) is 37.8. The van der Waals surface area contributed by atoms with Crippen LogP contribution in [0.3, 0.4) is 0 Å². The molecule has 0 saturated heterocycles. The highest BCUT2D eigenvalue weighted by atomic mass is 15.0. The molecule has 3 atom stereocenters. The number of rotatable bonds is 5. The maximum atomic E-state index is 5.23. The van der Waals surface area contributed by atoms with Crippen LogP contribution in [-0.4, -0.2) is 11.5 Å². The molecule has 0 spiro atoms. The van der Waals surface area contributed by atoms with Crippen LogP contribution in [-0.2, 0) is 5.41 Å². The Hall–Kier alpha value is -5.08. The molecule has 1 aliphatic heterocycles. The van der Waals surface area contributed by atoms with Gasteiger partial charge in [0.2, 0.25) is 0 Å². The summed E-state index contributed by atoms with van der Waals surface area (Å²) in [5.41, 5.74) is 16.2. The number of benzene rings is 4. The van der Waals surface area contributed by atoms with E-state index in [1.54, 1.807) is 5.57 Å². The average molecular weight is 635 g/mol. The van der Waals surface area contributed by atoms with E-state index in [4.69, 9.17) is 9.98 Å². The minimum atomic E-state index is 0.0216. The van der Waals surface area contributed by atoms with Crippen molar-refractivity contribution in [3.8, 4) is 0 Å². The third-order valence-corrected chi connectivity index (χ3v) is 11.5. The second kappa shape index (κ2) is 12.1. The molecule has 0 radical (unpaired) electrons. The second-order valence-electron chi connectivity index (χ2n) is 14.7. The standard InChI is InChI=1S/C47H42N2/c1-47(2)41-20-12-11-19-39(41)40-28-26-36(29-42(40)47)45-37-18-10-9-13-31(37)25-27-38(45)32-21-23-35(24-22-32)46-48-43(33-14-5-3-6-15-33)30-44(49-46)34-16-7-4-8-17-34/h3-10,12-18,20-24,26,28-29,31,37,43H,11,19,25,27,30H2,1-2H3. The molecular weight excluding hydrogens is 593 g/mol. The molecule has 0 saturated carbocycles. The molecule has 5 aliphatic rings. The number of hydrogen-bond donors (Lipinski definition) is 0. The molecule has 240 valence electrons. The quantitative estimate of drug-likeness (QED) is 0.209. The van der Waals surface area contributed by atoms with Crippen LogP contribution in [0.1, 0.15) is 90.9 Å². The molecule has 4 aromatic rings. The molecule has 3 unspecified atom stereocenters. The summed E-state index contributed by atoms with van der Waals surface area (Å²) in [6.07, 6.45) is 19.4. The summed E-state index contributed by atoms with van der Waals surface area (Å²) in [7, 11) is 0. The summed E-state index contributed by atoms with van der Waals surface area (Å²) in [5, 5.41) is 0. The Bertz CT molecular complexity index is 2150. The lowest BCUT2D eigenvalue weighted by molar-refractivity contribution is 0.511. The van der Waals surface area contributed by atoms with E-state index in [9.17, 15) is 0 Å². The summed E-state index contributed by atoms with van der Waals surface area (Å²) < 4.78 is 0. The molecule has 0 amide bonds. The van der Waals surface area contributed by atoms with Gasteiger partial charge in [-0.15, -0.1) is 0 Å². The van der Waals surface area contributed by atoms with E-state index in [0.29, 0.717) is 11.8 Å². The van der Waals surface area contributed by atoms with E-state index < -0.39 is 0 Å². The van der Waals surface area contributed by atoms with E-state index in [1.165, 1.54) is 51.0 Å². The zero-order chi connectivity index (χ0) is 33.0. The third-order valence-electron chi connectivity index (χ3n) is 11.5. The van der Waals surface area contributed by atoms with Crippen LogP contribution in [0.5, 0.6) is 0 Å². The van der Waals surface area contributed by atoms with Gasteiger partial charge in [-0.05, 0) is 93.3 Å². The van der Waals surface area contributed by atoms with Crippen molar-refractivity contribution in [3.05, 3.63) is 184 Å². The van der Waals surface area contributed by atoms with Crippen LogP contribution in [0.4, 0.5) is 0 Å². The van der Waals surface area contributed by atoms with Crippen LogP contribution in [0, 0.1) is 11.8 Å². The fourth-order valence-electron chi connectivity index (χ4n) is 8.94. The molecular formula is C47H42N2. The van der Waals surface area contributed by atoms with Crippen molar-refractivity contribution in [2.75, 3.05) is 0 Å². The van der Waals surface area contributed by atoms with Gasteiger partial charge in [-0.1, -0.05) is 147 Å². The van der Waals surface area contributed by atoms with Crippen LogP contribution >= 0.6 is 0 Å². The summed E-state index contributed by atoms with van der Waals surface area (Å²) in [6.45, 7) is 4.83. The lowest BCUT2D eigenvalue weighted by atomic mass is 9.69. The van der Waals surface area contributed by atoms with Gasteiger partial charge in [0.05, 0.1) is 11.8 Å². The summed E-state index contributed by atoms with van der Waals surface area (Å²) >= 11 is 0. The maximum Gasteiger partial charge on any atom is 0.155 e. The summed E-state index contributed by atoms with van der Waals surface area (Å²) in [5.74, 6) is 1.73. The Labute approximate surface area is 290 Å². The molecule has 9 rings (SSSR count). The second-order valence-corrected chi connectivity index (χ2v) is 14.7. The normalized spacial score (nSPS) is 23.5. The largest absolute Gasteiger partial charge is 0.258 e. The monoisotopic (exact) mass is 634 g/mol. The molecule has 2 heteroatoms. The van der Waals surface area contributed by atoms with Crippen LogP contribution in [0.25, 0.3) is 16.7 Å². The first kappa shape index (κ1) is 30.0. The van der Waals surface area contributed by atoms with Gasteiger partial charge in [-0.25, -0.2) is 4.99 Å². The first-order chi connectivity index (χ1) is 24.0. The highest BCUT2D eigenvalue weighted by Gasteiger charge is 2.38. The molecule has 0 bridgehead atoms. The van der Waals surface area contributed by atoms with E-state index >= 15 is 0 Å². The van der Waals surface area contributed by atoms with Crippen LogP contribution in [0.2, 0.25) is 0 Å². The lowest BCUT2D eigenvalue weighted by Crippen LogP contribution is -2.21. The van der Waals surface area contributed by atoms with Gasteiger partial charge < -0.3 is 0 Å². The average Bonchev–Trinajstić information content (AvgIpc) is 3.40. The zero-order valence-electron chi connectivity index (χ0n) is 28.4. The summed E-state index contributed by atoms with van der Waals surface area (Å²) in [4.78, 5) is 10.4. The van der Waals surface area contributed by atoms with E-state index in [-0.39, 0.29) is 11.5 Å². The number of allylic oxidation sites excluding steroid dienone is 10. The number of nitrogens with zero attached hydrogens (tertiary/aromatic N) is 2. The topological polar surface area (TPSA) is 24.7 Å². The van der Waals surface area contributed by atoms with Crippen LogP contribution in [0.15, 0.2) is 155 Å². The molecule has 49 heavy (non-hydrogen) atoms. The van der Waals surface area contributed by atoms with Crippen molar-refractivity contribution in [2.24, 2.45) is 21.8 Å². The molecule has 2 nitrogen and oxygen atoms in total. The van der Waals surface area contributed by atoms with Crippen molar-refractivity contribution >= 4 is 28.3 Å². The fraction of sp³-hybridized carbons (Fsp3) is 0.234. The predicted molar refractivity (Wildman–Crippen MR) is 206 cm³/mol. The molecule has 0 fully saturated rings. The van der Waals surface area contributed by atoms with E-state index in [0.717, 1.165) is 48.4 Å². The first-order valence-electron chi connectivity index (χ1n) is 18.0. The molecule has 1 heterocycles. The molecule has 4 aliphatic carbocycles. The van der Waals surface area contributed by atoms with Gasteiger partial charge >= 0.3 is 0 Å². The van der Waals surface area contributed by atoms with Gasteiger partial charge in [0.15, 0.2) is 5.84 Å². The predicted octanol–water partition coefficient (Wildman–Crippen LogP) is 11.5. The highest BCUT2D eigenvalue weighted by Crippen LogP contribution is 2.52. The van der Waals surface area contributed by atoms with Crippen molar-refractivity contribution < 1.29 is 0 Å². The SMILES string of the molecule is CC1(C)C2=C(CCC=C2)c2ccc(C3=C(c4ccc(C5=NC(c6ccccc6)CC(c6ccccc6)=N5)cc4)CCC4C=CC=CC34)cc21. The Morgan fingerprint density at radius 1 is 0.694 bits per heavy atom. The van der Waals surface area contributed by atoms with Crippen molar-refractivity contribution in [1.82, 2.24) is 0 Å². The third kappa shape index (κ3) is 5.26. The van der Waals surface area contributed by atoms with E-state index in [1.807, 2.05) is 0 Å². The van der Waals surface area contributed by atoms with E-state index in [2.05, 4.69) is 153 Å². The Balaban J connectivity index is 1.12. The van der Waals surface area contributed by atoms with Gasteiger partial charge in [0.25, 0.3) is 0 Å². The first-order valence-corrected chi connectivity index (χ1v) is 18.0. The highest BCUT2D eigenvalue weighted by molar-refractivity contribution is 6.14. The Morgan fingerprint density at radius 3 is 2.24 bits per heavy atom. The van der Waals surface area contributed by atoms with Crippen molar-refractivity contribution in [3.63, 3.8) is 0 Å². The minimum absolute atomic E-state index is 0.0216. The number of aliphatic imine (C=N–C) groups is 2. The number of fused-ring (bicyclic) bond motifs is 3. The molecule has 0 aromatic heterocycles. The minimum Gasteiger partial charge on any atom is -0.258 e. The Kier molecular flexibility index (Phi) is 7.42. The maximum absolute atomic E-state index is 5.23. The zero-order valence-corrected chi connectivity index (χ0v) is 28.4. The van der Waals surface area contributed by atoms with Crippen LogP contribution < -0.4 is 0 Å². The number of hydrogen-bond acceptors (Lipinski definition) is 2. The fourth-order valence-corrected chi connectivity index (χ4v) is 8.94. The van der Waals surface area contributed by atoms with Gasteiger partial charge in [-0.2, -0.15) is 0 Å². The lowest BCUT2D eigenvalue weighted by Gasteiger charge is -2.35. The van der Waals surface area contributed by atoms with Gasteiger partial charge in [0, 0.05) is 23.3 Å². The van der Waals surface area contributed by atoms with Crippen molar-refractivity contribution in [1.29, 1.82) is 0 Å². The van der Waals surface area contributed by atoms with Gasteiger partial charge in [0.1, 0.15) is 0 Å².